The van der Waals surface area contributed by atoms with E-state index >= 15 is 0 Å². The van der Waals surface area contributed by atoms with Gasteiger partial charge < -0.3 is 5.32 Å². The van der Waals surface area contributed by atoms with Crippen molar-refractivity contribution >= 4 is 11.7 Å². The monoisotopic (exact) mass is 140 g/mol. The van der Waals surface area contributed by atoms with Crippen molar-refractivity contribution in [1.82, 2.24) is 5.32 Å². The fourth-order valence-electron chi connectivity index (χ4n) is 0.644. The highest BCUT2D eigenvalue weighted by molar-refractivity contribution is 6.07. The third kappa shape index (κ3) is 2.01. The normalized spacial score (nSPS) is 20.1. The first kappa shape index (κ1) is 8.88. The van der Waals surface area contributed by atoms with E-state index in [2.05, 4.69) is 10.3 Å². The molecule has 0 aromatic carbocycles. The van der Waals surface area contributed by atoms with E-state index in [1.807, 2.05) is 0 Å². The van der Waals surface area contributed by atoms with E-state index in [9.17, 15) is 4.79 Å². The van der Waals surface area contributed by atoms with Gasteiger partial charge in [0.25, 0.3) is 0 Å². The minimum absolute atomic E-state index is 0. The van der Waals surface area contributed by atoms with Crippen molar-refractivity contribution in [2.24, 2.45) is 4.99 Å². The molecule has 0 spiro atoms. The first-order chi connectivity index (χ1) is 4.33. The van der Waals surface area contributed by atoms with Gasteiger partial charge in [0.05, 0.1) is 0 Å². The lowest BCUT2D eigenvalue weighted by molar-refractivity contribution is -0.118. The molecule has 0 saturated carbocycles. The van der Waals surface area contributed by atoms with Crippen molar-refractivity contribution in [3.63, 3.8) is 0 Å². The molecule has 0 bridgehead atoms. The SMILES string of the molecule is C.CN=C1C=CCC(=O)N1. The molecular formula is C7H12N2O. The second kappa shape index (κ2) is 3.82. The van der Waals surface area contributed by atoms with Crippen molar-refractivity contribution in [2.75, 3.05) is 7.05 Å². The number of rotatable bonds is 0. The summed E-state index contributed by atoms with van der Waals surface area (Å²) in [7, 11) is 1.64. The Morgan fingerprint density at radius 1 is 1.70 bits per heavy atom. The Bertz CT molecular complexity index is 182. The van der Waals surface area contributed by atoms with Crippen LogP contribution in [0.25, 0.3) is 0 Å². The van der Waals surface area contributed by atoms with Crippen LogP contribution in [0.4, 0.5) is 0 Å². The molecule has 0 radical (unpaired) electrons. The topological polar surface area (TPSA) is 41.5 Å². The summed E-state index contributed by atoms with van der Waals surface area (Å²) in [6, 6.07) is 0. The van der Waals surface area contributed by atoms with E-state index in [1.54, 1.807) is 19.2 Å². The van der Waals surface area contributed by atoms with Crippen LogP contribution in [0, 0.1) is 0 Å². The lowest BCUT2D eigenvalue weighted by atomic mass is 10.3. The lowest BCUT2D eigenvalue weighted by Crippen LogP contribution is -2.31. The van der Waals surface area contributed by atoms with Crippen molar-refractivity contribution < 1.29 is 4.79 Å². The zero-order chi connectivity index (χ0) is 6.69. The zero-order valence-corrected chi connectivity index (χ0v) is 5.22. The molecule has 0 fully saturated rings. The fourth-order valence-corrected chi connectivity index (χ4v) is 0.644. The Balaban J connectivity index is 0.000000810. The van der Waals surface area contributed by atoms with Crippen LogP contribution in [-0.4, -0.2) is 18.8 Å². The van der Waals surface area contributed by atoms with Crippen LogP contribution < -0.4 is 5.32 Å². The van der Waals surface area contributed by atoms with E-state index in [1.165, 1.54) is 0 Å². The minimum Gasteiger partial charge on any atom is -0.311 e. The molecule has 0 atom stereocenters. The molecule has 0 saturated heterocycles. The molecule has 1 aliphatic rings. The summed E-state index contributed by atoms with van der Waals surface area (Å²) in [6.07, 6.45) is 4.06. The molecule has 1 rings (SSSR count). The van der Waals surface area contributed by atoms with Gasteiger partial charge in [0.1, 0.15) is 5.84 Å². The van der Waals surface area contributed by atoms with Crippen LogP contribution in [0.1, 0.15) is 13.8 Å². The van der Waals surface area contributed by atoms with Crippen LogP contribution in [0.15, 0.2) is 17.1 Å². The van der Waals surface area contributed by atoms with Gasteiger partial charge in [-0.05, 0) is 6.08 Å². The van der Waals surface area contributed by atoms with Gasteiger partial charge in [0.2, 0.25) is 5.91 Å². The van der Waals surface area contributed by atoms with Gasteiger partial charge in [-0.2, -0.15) is 0 Å². The Kier molecular flexibility index (Phi) is 3.39. The predicted molar refractivity (Wildman–Crippen MR) is 42.0 cm³/mol. The summed E-state index contributed by atoms with van der Waals surface area (Å²) in [5.74, 6) is 0.657. The number of nitrogens with one attached hydrogen (secondary N) is 1. The quantitative estimate of drug-likeness (QED) is 0.529. The van der Waals surface area contributed by atoms with Gasteiger partial charge in [-0.15, -0.1) is 0 Å². The van der Waals surface area contributed by atoms with Crippen LogP contribution in [-0.2, 0) is 4.79 Å². The van der Waals surface area contributed by atoms with Gasteiger partial charge >= 0.3 is 0 Å². The summed E-state index contributed by atoms with van der Waals surface area (Å²) in [5.41, 5.74) is 0. The highest BCUT2D eigenvalue weighted by Crippen LogP contribution is 1.91. The van der Waals surface area contributed by atoms with Gasteiger partial charge in [0.15, 0.2) is 0 Å². The molecule has 0 aromatic rings. The van der Waals surface area contributed by atoms with E-state index < -0.39 is 0 Å². The standard InChI is InChI=1S/C6H8N2O.CH4/c1-7-5-3-2-4-6(9)8-5;/h2-3H,4H2,1H3,(H,7,8,9);1H4. The van der Waals surface area contributed by atoms with Crippen LogP contribution in [0.2, 0.25) is 0 Å². The molecule has 3 nitrogen and oxygen atoms in total. The molecule has 1 N–H and O–H groups in total. The third-order valence-corrected chi connectivity index (χ3v) is 1.09. The second-order valence-electron chi connectivity index (χ2n) is 1.76. The minimum atomic E-state index is 0. The van der Waals surface area contributed by atoms with Gasteiger partial charge in [-0.1, -0.05) is 13.5 Å². The molecular weight excluding hydrogens is 128 g/mol. The van der Waals surface area contributed by atoms with Crippen molar-refractivity contribution in [3.05, 3.63) is 12.2 Å². The van der Waals surface area contributed by atoms with Gasteiger partial charge in [-0.3, -0.25) is 9.79 Å². The number of hydrogen-bond acceptors (Lipinski definition) is 2. The van der Waals surface area contributed by atoms with Crippen molar-refractivity contribution in [2.45, 2.75) is 13.8 Å². The average Bonchev–Trinajstić information content (AvgIpc) is 1.88. The summed E-state index contributed by atoms with van der Waals surface area (Å²) in [6.45, 7) is 0. The molecule has 0 aliphatic carbocycles. The molecule has 1 heterocycles. The highest BCUT2D eigenvalue weighted by Gasteiger charge is 2.04. The van der Waals surface area contributed by atoms with E-state index in [0.29, 0.717) is 12.3 Å². The van der Waals surface area contributed by atoms with Crippen molar-refractivity contribution in [1.29, 1.82) is 0 Å². The second-order valence-corrected chi connectivity index (χ2v) is 1.76. The third-order valence-electron chi connectivity index (χ3n) is 1.09. The summed E-state index contributed by atoms with van der Waals surface area (Å²) < 4.78 is 0. The molecule has 10 heavy (non-hydrogen) atoms. The van der Waals surface area contributed by atoms with E-state index in [4.69, 9.17) is 0 Å². The molecule has 1 aliphatic heterocycles. The van der Waals surface area contributed by atoms with Gasteiger partial charge in [0, 0.05) is 13.5 Å². The summed E-state index contributed by atoms with van der Waals surface area (Å²) >= 11 is 0. The van der Waals surface area contributed by atoms with E-state index in [0.717, 1.165) is 0 Å². The Morgan fingerprint density at radius 3 is 2.80 bits per heavy atom. The fraction of sp³-hybridized carbons (Fsp3) is 0.429. The first-order valence-electron chi connectivity index (χ1n) is 2.76. The number of amides is 1. The molecule has 1 amide bonds. The summed E-state index contributed by atoms with van der Waals surface area (Å²) in [4.78, 5) is 14.4. The average molecular weight is 140 g/mol. The van der Waals surface area contributed by atoms with Crippen LogP contribution in [0.5, 0.6) is 0 Å². The number of nitrogens with zero attached hydrogens (tertiary/aromatic N) is 1. The van der Waals surface area contributed by atoms with Crippen molar-refractivity contribution in [3.8, 4) is 0 Å². The molecule has 56 valence electrons. The smallest absolute Gasteiger partial charge is 0.229 e. The largest absolute Gasteiger partial charge is 0.311 e. The van der Waals surface area contributed by atoms with E-state index in [-0.39, 0.29) is 13.3 Å². The summed E-state index contributed by atoms with van der Waals surface area (Å²) in [5, 5.41) is 2.59. The maximum absolute atomic E-state index is 10.6. The molecule has 0 unspecified atom stereocenters. The maximum atomic E-state index is 10.6. The number of carbonyl (C=O) groups is 1. The van der Waals surface area contributed by atoms with Gasteiger partial charge in [-0.25, -0.2) is 0 Å². The number of hydrogen-bond donors (Lipinski definition) is 1. The Hall–Kier alpha value is -1.12. The van der Waals surface area contributed by atoms with Crippen LogP contribution >= 0.6 is 0 Å². The predicted octanol–water partition coefficient (Wildman–Crippen LogP) is 0.727. The molecule has 0 aromatic heterocycles. The van der Waals surface area contributed by atoms with Crippen LogP contribution in [0.3, 0.4) is 0 Å². The number of aliphatic imine (C=N–C) groups is 1. The Morgan fingerprint density at radius 2 is 2.40 bits per heavy atom. The lowest BCUT2D eigenvalue weighted by Gasteiger charge is -2.05. The molecule has 3 heteroatoms. The number of carbonyl (C=O) groups excluding carboxylic acids is 1. The first-order valence-corrected chi connectivity index (χ1v) is 2.76. The Labute approximate surface area is 60.8 Å². The maximum Gasteiger partial charge on any atom is 0.229 e. The highest BCUT2D eigenvalue weighted by atomic mass is 16.1. The zero-order valence-electron chi connectivity index (χ0n) is 5.22. The number of amidine groups is 1.